The zero-order valence-electron chi connectivity index (χ0n) is 15.6. The molecule has 5 heteroatoms. The second-order valence-corrected chi connectivity index (χ2v) is 6.48. The lowest BCUT2D eigenvalue weighted by Gasteiger charge is -2.09. The van der Waals surface area contributed by atoms with Crippen LogP contribution in [0.3, 0.4) is 0 Å². The van der Waals surface area contributed by atoms with Gasteiger partial charge in [0.1, 0.15) is 12.4 Å². The molecule has 0 bridgehead atoms. The van der Waals surface area contributed by atoms with E-state index in [0.29, 0.717) is 17.5 Å². The van der Waals surface area contributed by atoms with E-state index in [-0.39, 0.29) is 10.6 Å². The maximum Gasteiger partial charge on any atom is 0.278 e. The number of nitrogens with zero attached hydrogens (tertiary/aromatic N) is 2. The molecule has 0 N–H and O–H groups in total. The molecule has 1 aromatic heterocycles. The van der Waals surface area contributed by atoms with Gasteiger partial charge >= 0.3 is 0 Å². The fourth-order valence-electron chi connectivity index (χ4n) is 3.07. The van der Waals surface area contributed by atoms with Crippen molar-refractivity contribution in [3.63, 3.8) is 0 Å². The standard InChI is InChI=1S/C24H18N2O3/c27-26(28)23-11-6-10-22-21(23)16-15-20(25-22)14-13-19-9-4-5-12-24(19)29-17-18-7-2-1-3-8-18/h1-16H,17H2. The average Bonchev–Trinajstić information content (AvgIpc) is 2.76. The molecule has 0 aliphatic carbocycles. The number of para-hydroxylation sites is 1. The summed E-state index contributed by atoms with van der Waals surface area (Å²) in [5.41, 5.74) is 3.41. The molecule has 5 nitrogen and oxygen atoms in total. The van der Waals surface area contributed by atoms with E-state index in [4.69, 9.17) is 4.74 Å². The molecule has 0 unspecified atom stereocenters. The van der Waals surface area contributed by atoms with Crippen LogP contribution in [0.1, 0.15) is 16.8 Å². The fraction of sp³-hybridized carbons (Fsp3) is 0.0417. The molecule has 0 fully saturated rings. The van der Waals surface area contributed by atoms with E-state index in [1.807, 2.05) is 66.7 Å². The van der Waals surface area contributed by atoms with Crippen LogP contribution in [0.25, 0.3) is 23.1 Å². The predicted molar refractivity (Wildman–Crippen MR) is 115 cm³/mol. The number of non-ortho nitro benzene ring substituents is 1. The van der Waals surface area contributed by atoms with Crippen LogP contribution in [0, 0.1) is 10.1 Å². The van der Waals surface area contributed by atoms with Gasteiger partial charge in [-0.1, -0.05) is 54.6 Å². The summed E-state index contributed by atoms with van der Waals surface area (Å²) in [5.74, 6) is 0.782. The first kappa shape index (κ1) is 18.4. The van der Waals surface area contributed by atoms with E-state index in [2.05, 4.69) is 4.98 Å². The molecule has 0 amide bonds. The lowest BCUT2D eigenvalue weighted by Crippen LogP contribution is -1.96. The van der Waals surface area contributed by atoms with Gasteiger partial charge in [-0.25, -0.2) is 4.98 Å². The number of benzene rings is 3. The van der Waals surface area contributed by atoms with Gasteiger partial charge in [0, 0.05) is 11.6 Å². The van der Waals surface area contributed by atoms with Gasteiger partial charge in [0.25, 0.3) is 5.69 Å². The van der Waals surface area contributed by atoms with E-state index in [9.17, 15) is 10.1 Å². The number of ether oxygens (including phenoxy) is 1. The molecule has 4 rings (SSSR count). The largest absolute Gasteiger partial charge is 0.488 e. The molecule has 1 heterocycles. The lowest BCUT2D eigenvalue weighted by molar-refractivity contribution is -0.383. The van der Waals surface area contributed by atoms with E-state index >= 15 is 0 Å². The Kier molecular flexibility index (Phi) is 5.29. The van der Waals surface area contributed by atoms with Crippen molar-refractivity contribution < 1.29 is 9.66 Å². The number of pyridine rings is 1. The summed E-state index contributed by atoms with van der Waals surface area (Å²) in [4.78, 5) is 15.3. The minimum absolute atomic E-state index is 0.0604. The molecule has 4 aromatic rings. The lowest BCUT2D eigenvalue weighted by atomic mass is 10.1. The number of hydrogen-bond acceptors (Lipinski definition) is 4. The van der Waals surface area contributed by atoms with Crippen molar-refractivity contribution in [3.05, 3.63) is 112 Å². The molecule has 0 radical (unpaired) electrons. The smallest absolute Gasteiger partial charge is 0.278 e. The number of hydrogen-bond donors (Lipinski definition) is 0. The Morgan fingerprint density at radius 2 is 1.66 bits per heavy atom. The quantitative estimate of drug-likeness (QED) is 0.308. The van der Waals surface area contributed by atoms with E-state index < -0.39 is 0 Å². The van der Waals surface area contributed by atoms with Crippen molar-refractivity contribution >= 4 is 28.7 Å². The number of nitro groups is 1. The van der Waals surface area contributed by atoms with Crippen LogP contribution in [0.4, 0.5) is 5.69 Å². The van der Waals surface area contributed by atoms with Gasteiger partial charge in [0.05, 0.1) is 21.5 Å². The van der Waals surface area contributed by atoms with E-state index in [0.717, 1.165) is 22.6 Å². The van der Waals surface area contributed by atoms with Gasteiger partial charge in [-0.2, -0.15) is 0 Å². The highest BCUT2D eigenvalue weighted by molar-refractivity contribution is 5.89. The van der Waals surface area contributed by atoms with Crippen LogP contribution in [-0.2, 0) is 6.61 Å². The van der Waals surface area contributed by atoms with Crippen LogP contribution < -0.4 is 4.74 Å². The zero-order chi connectivity index (χ0) is 20.1. The van der Waals surface area contributed by atoms with Gasteiger partial charge in [0.15, 0.2) is 0 Å². The molecule has 0 aliphatic rings. The van der Waals surface area contributed by atoms with Gasteiger partial charge < -0.3 is 4.74 Å². The van der Waals surface area contributed by atoms with Gasteiger partial charge in [-0.05, 0) is 42.0 Å². The van der Waals surface area contributed by atoms with Crippen molar-refractivity contribution in [2.45, 2.75) is 6.61 Å². The van der Waals surface area contributed by atoms with Crippen LogP contribution >= 0.6 is 0 Å². The molecular formula is C24H18N2O3. The maximum absolute atomic E-state index is 11.2. The second-order valence-electron chi connectivity index (χ2n) is 6.48. The zero-order valence-corrected chi connectivity index (χ0v) is 15.6. The summed E-state index contributed by atoms with van der Waals surface area (Å²) in [6.07, 6.45) is 3.81. The average molecular weight is 382 g/mol. The minimum Gasteiger partial charge on any atom is -0.488 e. The maximum atomic E-state index is 11.2. The Labute approximate surface area is 168 Å². The first-order valence-corrected chi connectivity index (χ1v) is 9.19. The van der Waals surface area contributed by atoms with Crippen LogP contribution in [0.2, 0.25) is 0 Å². The van der Waals surface area contributed by atoms with E-state index in [1.54, 1.807) is 24.3 Å². The second kappa shape index (κ2) is 8.35. The minimum atomic E-state index is -0.389. The Balaban J connectivity index is 1.57. The number of fused-ring (bicyclic) bond motifs is 1. The van der Waals surface area contributed by atoms with Crippen molar-refractivity contribution in [2.24, 2.45) is 0 Å². The van der Waals surface area contributed by atoms with Crippen molar-refractivity contribution in [2.75, 3.05) is 0 Å². The first-order chi connectivity index (χ1) is 14.2. The number of nitro benzene ring substituents is 1. The summed E-state index contributed by atoms with van der Waals surface area (Å²) in [7, 11) is 0. The predicted octanol–water partition coefficient (Wildman–Crippen LogP) is 5.89. The van der Waals surface area contributed by atoms with Crippen LogP contribution in [0.5, 0.6) is 5.75 Å². The van der Waals surface area contributed by atoms with Crippen LogP contribution in [0.15, 0.2) is 84.9 Å². The fourth-order valence-corrected chi connectivity index (χ4v) is 3.07. The summed E-state index contributed by atoms with van der Waals surface area (Å²) in [6, 6.07) is 26.2. The Bertz CT molecular complexity index is 1190. The van der Waals surface area contributed by atoms with Crippen LogP contribution in [-0.4, -0.2) is 9.91 Å². The molecular weight excluding hydrogens is 364 g/mol. The monoisotopic (exact) mass is 382 g/mol. The number of aromatic nitrogens is 1. The third-order valence-corrected chi connectivity index (χ3v) is 4.52. The molecule has 0 spiro atoms. The van der Waals surface area contributed by atoms with Gasteiger partial charge in [-0.3, -0.25) is 10.1 Å². The Morgan fingerprint density at radius 3 is 2.48 bits per heavy atom. The third-order valence-electron chi connectivity index (χ3n) is 4.52. The first-order valence-electron chi connectivity index (χ1n) is 9.19. The Morgan fingerprint density at radius 1 is 0.862 bits per heavy atom. The molecule has 142 valence electrons. The molecule has 29 heavy (non-hydrogen) atoms. The summed E-state index contributed by atoms with van der Waals surface area (Å²) in [6.45, 7) is 0.490. The van der Waals surface area contributed by atoms with Gasteiger partial charge in [0.2, 0.25) is 0 Å². The SMILES string of the molecule is O=[N+]([O-])c1cccc2nc(C=Cc3ccccc3OCc3ccccc3)ccc12. The van der Waals surface area contributed by atoms with Crippen molar-refractivity contribution in [1.29, 1.82) is 0 Å². The Hall–Kier alpha value is -3.99. The highest BCUT2D eigenvalue weighted by Gasteiger charge is 2.11. The molecule has 0 aliphatic heterocycles. The molecule has 0 atom stereocenters. The normalized spacial score (nSPS) is 11.0. The van der Waals surface area contributed by atoms with E-state index in [1.165, 1.54) is 6.07 Å². The number of rotatable bonds is 6. The molecule has 3 aromatic carbocycles. The summed E-state index contributed by atoms with van der Waals surface area (Å²) >= 11 is 0. The highest BCUT2D eigenvalue weighted by atomic mass is 16.6. The third kappa shape index (κ3) is 4.30. The molecule has 0 saturated carbocycles. The van der Waals surface area contributed by atoms with Crippen molar-refractivity contribution in [1.82, 2.24) is 4.98 Å². The molecule has 0 saturated heterocycles. The summed E-state index contributed by atoms with van der Waals surface area (Å²) < 4.78 is 5.98. The highest BCUT2D eigenvalue weighted by Crippen LogP contribution is 2.25. The van der Waals surface area contributed by atoms with Crippen molar-refractivity contribution in [3.8, 4) is 5.75 Å². The topological polar surface area (TPSA) is 65.3 Å². The van der Waals surface area contributed by atoms with Gasteiger partial charge in [-0.15, -0.1) is 0 Å². The summed E-state index contributed by atoms with van der Waals surface area (Å²) in [5, 5.41) is 11.7.